The molecular formula is C20H15FN4O2S. The second kappa shape index (κ2) is 7.69. The molecule has 2 aromatic carbocycles. The Labute approximate surface area is 164 Å². The van der Waals surface area contributed by atoms with Crippen molar-refractivity contribution < 1.29 is 13.6 Å². The molecule has 4 rings (SSSR count). The molecule has 0 aliphatic heterocycles. The van der Waals surface area contributed by atoms with Crippen LogP contribution in [0.15, 0.2) is 59.3 Å². The third kappa shape index (κ3) is 3.96. The Morgan fingerprint density at radius 3 is 2.75 bits per heavy atom. The van der Waals surface area contributed by atoms with Crippen molar-refractivity contribution in [2.45, 2.75) is 13.3 Å². The molecule has 0 aliphatic carbocycles. The summed E-state index contributed by atoms with van der Waals surface area (Å²) in [5, 5.41) is 11.3. The molecule has 0 fully saturated rings. The van der Waals surface area contributed by atoms with E-state index in [9.17, 15) is 9.18 Å². The van der Waals surface area contributed by atoms with Crippen LogP contribution in [0.25, 0.3) is 22.7 Å². The third-order valence-electron chi connectivity index (χ3n) is 4.00. The molecule has 0 atom stereocenters. The summed E-state index contributed by atoms with van der Waals surface area (Å²) in [6, 6.07) is 13.3. The smallest absolute Gasteiger partial charge is 0.247 e. The Kier molecular flexibility index (Phi) is 4.94. The molecule has 8 heteroatoms. The molecule has 0 bridgehead atoms. The van der Waals surface area contributed by atoms with Crippen molar-refractivity contribution in [1.82, 2.24) is 15.2 Å². The van der Waals surface area contributed by atoms with Crippen molar-refractivity contribution in [2.24, 2.45) is 0 Å². The van der Waals surface area contributed by atoms with Gasteiger partial charge in [0.15, 0.2) is 0 Å². The molecule has 0 radical (unpaired) electrons. The molecule has 1 amide bonds. The highest BCUT2D eigenvalue weighted by Crippen LogP contribution is 2.29. The van der Waals surface area contributed by atoms with E-state index in [1.807, 2.05) is 13.0 Å². The number of carbonyl (C=O) groups is 1. The molecule has 6 nitrogen and oxygen atoms in total. The fourth-order valence-electron chi connectivity index (χ4n) is 2.80. The molecule has 2 heterocycles. The number of thiazole rings is 1. The van der Waals surface area contributed by atoms with Crippen LogP contribution in [0.3, 0.4) is 0 Å². The minimum atomic E-state index is -0.309. The summed E-state index contributed by atoms with van der Waals surface area (Å²) in [7, 11) is 0. The predicted molar refractivity (Wildman–Crippen MR) is 104 cm³/mol. The number of rotatable bonds is 5. The molecule has 140 valence electrons. The number of aromatic nitrogens is 3. The number of carbonyl (C=O) groups excluding carboxylic acids is 1. The molecule has 0 aliphatic rings. The Bertz CT molecular complexity index is 1110. The lowest BCUT2D eigenvalue weighted by molar-refractivity contribution is -0.115. The van der Waals surface area contributed by atoms with E-state index in [1.54, 1.807) is 30.3 Å². The monoisotopic (exact) mass is 394 g/mol. The lowest BCUT2D eigenvalue weighted by Crippen LogP contribution is -2.14. The number of hydrogen-bond acceptors (Lipinski definition) is 6. The Morgan fingerprint density at radius 1 is 1.18 bits per heavy atom. The minimum absolute atomic E-state index is 0.170. The maximum Gasteiger partial charge on any atom is 0.247 e. The van der Waals surface area contributed by atoms with Crippen LogP contribution in [-0.4, -0.2) is 21.1 Å². The summed E-state index contributed by atoms with van der Waals surface area (Å²) in [5.74, 6) is -0.0985. The largest absolute Gasteiger partial charge is 0.423 e. The van der Waals surface area contributed by atoms with Crippen LogP contribution in [0.1, 0.15) is 9.88 Å². The maximum absolute atomic E-state index is 13.2. The van der Waals surface area contributed by atoms with E-state index >= 15 is 0 Å². The third-order valence-corrected chi connectivity index (χ3v) is 4.97. The first-order valence-corrected chi connectivity index (χ1v) is 9.29. The fourth-order valence-corrected chi connectivity index (χ4v) is 3.76. The van der Waals surface area contributed by atoms with E-state index < -0.39 is 0 Å². The van der Waals surface area contributed by atoms with Gasteiger partial charge < -0.3 is 9.73 Å². The van der Waals surface area contributed by atoms with Crippen molar-refractivity contribution in [3.63, 3.8) is 0 Å². The number of benzene rings is 2. The Hall–Kier alpha value is -3.39. The summed E-state index contributed by atoms with van der Waals surface area (Å²) >= 11 is 1.45. The number of aryl methyl sites for hydroxylation is 1. The second-order valence-electron chi connectivity index (χ2n) is 6.06. The summed E-state index contributed by atoms with van der Waals surface area (Å²) in [4.78, 5) is 17.9. The van der Waals surface area contributed by atoms with Crippen molar-refractivity contribution in [2.75, 3.05) is 5.32 Å². The van der Waals surface area contributed by atoms with Crippen LogP contribution >= 0.6 is 11.3 Å². The second-order valence-corrected chi connectivity index (χ2v) is 7.35. The van der Waals surface area contributed by atoms with Crippen LogP contribution in [-0.2, 0) is 11.2 Å². The lowest BCUT2D eigenvalue weighted by atomic mass is 10.1. The first-order chi connectivity index (χ1) is 13.6. The van der Waals surface area contributed by atoms with Crippen molar-refractivity contribution >= 4 is 22.9 Å². The van der Waals surface area contributed by atoms with Gasteiger partial charge in [0, 0.05) is 21.7 Å². The molecular weight excluding hydrogens is 379 g/mol. The van der Waals surface area contributed by atoms with E-state index in [0.717, 1.165) is 21.0 Å². The summed E-state index contributed by atoms with van der Waals surface area (Å²) in [6.45, 7) is 1.88. The zero-order valence-electron chi connectivity index (χ0n) is 14.8. The van der Waals surface area contributed by atoms with Crippen molar-refractivity contribution in [3.05, 3.63) is 70.6 Å². The molecule has 4 aromatic rings. The van der Waals surface area contributed by atoms with Gasteiger partial charge in [0.05, 0.1) is 17.1 Å². The van der Waals surface area contributed by atoms with Gasteiger partial charge in [-0.25, -0.2) is 9.37 Å². The van der Waals surface area contributed by atoms with E-state index in [0.29, 0.717) is 17.3 Å². The Balaban J connectivity index is 1.52. The molecule has 0 spiro atoms. The molecule has 2 aromatic heterocycles. The van der Waals surface area contributed by atoms with E-state index in [4.69, 9.17) is 4.42 Å². The fraction of sp³-hybridized carbons (Fsp3) is 0.100. The average Bonchev–Trinajstić information content (AvgIpc) is 3.33. The van der Waals surface area contributed by atoms with Crippen LogP contribution in [0.4, 0.5) is 10.1 Å². The van der Waals surface area contributed by atoms with E-state index in [1.165, 1.54) is 29.9 Å². The summed E-state index contributed by atoms with van der Waals surface area (Å²) in [5.41, 5.74) is 2.84. The quantitative estimate of drug-likeness (QED) is 0.539. The first kappa shape index (κ1) is 18.0. The number of halogens is 1. The van der Waals surface area contributed by atoms with Crippen LogP contribution in [0.2, 0.25) is 0 Å². The molecule has 1 N–H and O–H groups in total. The average molecular weight is 394 g/mol. The van der Waals surface area contributed by atoms with Crippen LogP contribution in [0.5, 0.6) is 0 Å². The van der Waals surface area contributed by atoms with E-state index in [2.05, 4.69) is 20.5 Å². The number of anilines is 1. The zero-order chi connectivity index (χ0) is 19.5. The number of nitrogens with zero attached hydrogens (tertiary/aromatic N) is 3. The van der Waals surface area contributed by atoms with Gasteiger partial charge in [-0.1, -0.05) is 6.07 Å². The molecule has 0 unspecified atom stereocenters. The van der Waals surface area contributed by atoms with Crippen LogP contribution in [0, 0.1) is 12.7 Å². The van der Waals surface area contributed by atoms with Gasteiger partial charge >= 0.3 is 0 Å². The normalized spacial score (nSPS) is 10.8. The molecule has 0 saturated heterocycles. The highest BCUT2D eigenvalue weighted by atomic mass is 32.1. The van der Waals surface area contributed by atoms with Crippen molar-refractivity contribution in [3.8, 4) is 22.7 Å². The van der Waals surface area contributed by atoms with Gasteiger partial charge in [-0.05, 0) is 49.4 Å². The minimum Gasteiger partial charge on any atom is -0.423 e. The number of nitrogens with one attached hydrogen (secondary N) is 1. The Morgan fingerprint density at radius 2 is 2.00 bits per heavy atom. The number of hydrogen-bond donors (Lipinski definition) is 1. The lowest BCUT2D eigenvalue weighted by Gasteiger charge is -2.07. The van der Waals surface area contributed by atoms with Gasteiger partial charge in [0.2, 0.25) is 18.2 Å². The van der Waals surface area contributed by atoms with Crippen molar-refractivity contribution in [1.29, 1.82) is 0 Å². The van der Waals surface area contributed by atoms with Gasteiger partial charge in [-0.2, -0.15) is 0 Å². The topological polar surface area (TPSA) is 80.9 Å². The maximum atomic E-state index is 13.2. The zero-order valence-corrected chi connectivity index (χ0v) is 15.7. The van der Waals surface area contributed by atoms with Crippen LogP contribution < -0.4 is 5.32 Å². The SMILES string of the molecule is Cc1nc(-c2ccc(F)cc2)c(CC(=O)Nc2cccc(-c3nnco3)c2)s1. The first-order valence-electron chi connectivity index (χ1n) is 8.47. The van der Waals surface area contributed by atoms with Gasteiger partial charge in [0.1, 0.15) is 5.82 Å². The predicted octanol–water partition coefficient (Wildman–Crippen LogP) is 4.49. The standard InChI is InChI=1S/C20H15FN4O2S/c1-12-23-19(13-5-7-15(21)8-6-13)17(28-12)10-18(26)24-16-4-2-3-14(9-16)20-25-22-11-27-20/h2-9,11H,10H2,1H3,(H,24,26). The summed E-state index contributed by atoms with van der Waals surface area (Å²) < 4.78 is 18.4. The molecule has 28 heavy (non-hydrogen) atoms. The van der Waals surface area contributed by atoms with Gasteiger partial charge in [-0.3, -0.25) is 4.79 Å². The highest BCUT2D eigenvalue weighted by Gasteiger charge is 2.15. The number of amides is 1. The van der Waals surface area contributed by atoms with Gasteiger partial charge in [-0.15, -0.1) is 21.5 Å². The van der Waals surface area contributed by atoms with Gasteiger partial charge in [0.25, 0.3) is 0 Å². The van der Waals surface area contributed by atoms with E-state index in [-0.39, 0.29) is 18.1 Å². The summed E-state index contributed by atoms with van der Waals surface area (Å²) in [6.07, 6.45) is 1.42. The molecule has 0 saturated carbocycles. The highest BCUT2D eigenvalue weighted by molar-refractivity contribution is 7.12.